The van der Waals surface area contributed by atoms with Crippen molar-refractivity contribution in [1.82, 2.24) is 5.32 Å². The van der Waals surface area contributed by atoms with Crippen LogP contribution in [0.25, 0.3) is 0 Å². The van der Waals surface area contributed by atoms with Gasteiger partial charge in [-0.3, -0.25) is 4.79 Å². The minimum atomic E-state index is -0.139. The van der Waals surface area contributed by atoms with E-state index in [1.165, 1.54) is 0 Å². The van der Waals surface area contributed by atoms with Gasteiger partial charge in [0.1, 0.15) is 0 Å². The number of halogens is 2. The zero-order valence-electron chi connectivity index (χ0n) is 11.0. The lowest BCUT2D eigenvalue weighted by molar-refractivity contribution is -0.105. The lowest BCUT2D eigenvalue weighted by Crippen LogP contribution is -2.34. The Labute approximate surface area is 135 Å². The molecule has 0 radical (unpaired) electrons. The molecule has 0 aromatic heterocycles. The Hall–Kier alpha value is -0.430. The molecule has 0 saturated heterocycles. The van der Waals surface area contributed by atoms with E-state index in [0.717, 1.165) is 45.9 Å². The molecule has 1 aliphatic carbocycles. The number of aliphatic hydroxyl groups excluding tert-OH is 1. The van der Waals surface area contributed by atoms with E-state index < -0.39 is 0 Å². The number of amides is 1. The highest BCUT2D eigenvalue weighted by molar-refractivity contribution is 9.11. The third-order valence-electron chi connectivity index (χ3n) is 3.62. The maximum absolute atomic E-state index is 10.7. The molecule has 0 heterocycles. The summed E-state index contributed by atoms with van der Waals surface area (Å²) in [5.74, 6) is 0. The molecule has 4 nitrogen and oxygen atoms in total. The second kappa shape index (κ2) is 7.54. The summed E-state index contributed by atoms with van der Waals surface area (Å²) in [6.45, 7) is 0.689. The standard InChI is InChI=1S/C14H18Br2N2O2/c15-10-5-9(14(18-8-19)13(16)6-10)7-17-11-1-3-12(20)4-2-11/h5-6,8,11-12,17,20H,1-4,7H2,(H,18,19). The Morgan fingerprint density at radius 1 is 1.25 bits per heavy atom. The van der Waals surface area contributed by atoms with Crippen LogP contribution in [0.2, 0.25) is 0 Å². The number of carbonyl (C=O) groups is 1. The van der Waals surface area contributed by atoms with Crippen LogP contribution in [0.5, 0.6) is 0 Å². The molecule has 6 heteroatoms. The van der Waals surface area contributed by atoms with Gasteiger partial charge in [-0.15, -0.1) is 0 Å². The van der Waals surface area contributed by atoms with Crippen molar-refractivity contribution >= 4 is 44.0 Å². The molecule has 0 aliphatic heterocycles. The number of anilines is 1. The first kappa shape index (κ1) is 15.9. The molecule has 1 aromatic rings. The highest BCUT2D eigenvalue weighted by atomic mass is 79.9. The first-order valence-corrected chi connectivity index (χ1v) is 8.28. The number of hydrogen-bond donors (Lipinski definition) is 3. The zero-order valence-corrected chi connectivity index (χ0v) is 14.2. The SMILES string of the molecule is O=CNc1c(Br)cc(Br)cc1CNC1CCC(O)CC1. The van der Waals surface area contributed by atoms with Crippen molar-refractivity contribution in [2.24, 2.45) is 0 Å². The molecular weight excluding hydrogens is 388 g/mol. The van der Waals surface area contributed by atoms with Gasteiger partial charge in [0.15, 0.2) is 0 Å². The van der Waals surface area contributed by atoms with Crippen LogP contribution in [-0.2, 0) is 11.3 Å². The van der Waals surface area contributed by atoms with Gasteiger partial charge in [0.2, 0.25) is 6.41 Å². The Kier molecular flexibility index (Phi) is 6.01. The average Bonchev–Trinajstić information content (AvgIpc) is 2.41. The average molecular weight is 406 g/mol. The first-order chi connectivity index (χ1) is 9.60. The van der Waals surface area contributed by atoms with Crippen molar-refractivity contribution in [1.29, 1.82) is 0 Å². The lowest BCUT2D eigenvalue weighted by Gasteiger charge is -2.26. The van der Waals surface area contributed by atoms with E-state index in [1.54, 1.807) is 0 Å². The van der Waals surface area contributed by atoms with Crippen LogP contribution in [0, 0.1) is 0 Å². The Morgan fingerprint density at radius 2 is 1.95 bits per heavy atom. The highest BCUT2D eigenvalue weighted by Crippen LogP contribution is 2.31. The fraction of sp³-hybridized carbons (Fsp3) is 0.500. The van der Waals surface area contributed by atoms with Crippen molar-refractivity contribution < 1.29 is 9.90 Å². The monoisotopic (exact) mass is 404 g/mol. The normalized spacial score (nSPS) is 22.6. The largest absolute Gasteiger partial charge is 0.393 e. The van der Waals surface area contributed by atoms with Crippen molar-refractivity contribution in [3.63, 3.8) is 0 Å². The fourth-order valence-corrected chi connectivity index (χ4v) is 3.95. The first-order valence-electron chi connectivity index (χ1n) is 6.69. The molecule has 2 rings (SSSR count). The quantitative estimate of drug-likeness (QED) is 0.659. The molecule has 1 amide bonds. The van der Waals surface area contributed by atoms with E-state index in [2.05, 4.69) is 42.5 Å². The van der Waals surface area contributed by atoms with E-state index in [1.807, 2.05) is 12.1 Å². The minimum absolute atomic E-state index is 0.139. The van der Waals surface area contributed by atoms with Gasteiger partial charge in [-0.05, 0) is 59.3 Å². The number of hydrogen-bond acceptors (Lipinski definition) is 3. The van der Waals surface area contributed by atoms with E-state index in [0.29, 0.717) is 19.0 Å². The second-order valence-electron chi connectivity index (χ2n) is 5.07. The van der Waals surface area contributed by atoms with Gasteiger partial charge >= 0.3 is 0 Å². The lowest BCUT2D eigenvalue weighted by atomic mass is 9.93. The summed E-state index contributed by atoms with van der Waals surface area (Å²) in [4.78, 5) is 10.7. The molecule has 1 aliphatic rings. The van der Waals surface area contributed by atoms with Gasteiger partial charge in [0.25, 0.3) is 0 Å². The number of carbonyl (C=O) groups excluding carboxylic acids is 1. The summed E-state index contributed by atoms with van der Waals surface area (Å²) in [5.41, 5.74) is 1.83. The molecule has 1 fully saturated rings. The van der Waals surface area contributed by atoms with Crippen molar-refractivity contribution in [3.05, 3.63) is 26.6 Å². The summed E-state index contributed by atoms with van der Waals surface area (Å²) in [6, 6.07) is 4.34. The topological polar surface area (TPSA) is 61.4 Å². The van der Waals surface area contributed by atoms with Gasteiger partial charge in [-0.25, -0.2) is 0 Å². The summed E-state index contributed by atoms with van der Waals surface area (Å²) in [7, 11) is 0. The summed E-state index contributed by atoms with van der Waals surface area (Å²) in [5, 5.41) is 15.8. The molecule has 0 bridgehead atoms. The third kappa shape index (κ3) is 4.28. The van der Waals surface area contributed by atoms with Crippen molar-refractivity contribution in [2.75, 3.05) is 5.32 Å². The molecule has 1 saturated carbocycles. The van der Waals surface area contributed by atoms with Crippen LogP contribution < -0.4 is 10.6 Å². The zero-order chi connectivity index (χ0) is 14.5. The van der Waals surface area contributed by atoms with E-state index in [9.17, 15) is 9.90 Å². The Balaban J connectivity index is 2.02. The Morgan fingerprint density at radius 3 is 2.60 bits per heavy atom. The number of rotatable bonds is 5. The molecule has 110 valence electrons. The van der Waals surface area contributed by atoms with Crippen molar-refractivity contribution in [2.45, 2.75) is 44.4 Å². The van der Waals surface area contributed by atoms with E-state index in [4.69, 9.17) is 0 Å². The van der Waals surface area contributed by atoms with Crippen LogP contribution in [-0.4, -0.2) is 23.7 Å². The van der Waals surface area contributed by atoms with Crippen molar-refractivity contribution in [3.8, 4) is 0 Å². The van der Waals surface area contributed by atoms with Crippen LogP contribution in [0.1, 0.15) is 31.2 Å². The summed E-state index contributed by atoms with van der Waals surface area (Å²) >= 11 is 6.93. The molecule has 0 atom stereocenters. The number of aliphatic hydroxyl groups is 1. The molecule has 20 heavy (non-hydrogen) atoms. The molecule has 0 spiro atoms. The maximum atomic E-state index is 10.7. The van der Waals surface area contributed by atoms with Crippen LogP contribution in [0.4, 0.5) is 5.69 Å². The van der Waals surface area contributed by atoms with E-state index >= 15 is 0 Å². The molecule has 3 N–H and O–H groups in total. The Bertz CT molecular complexity index is 474. The summed E-state index contributed by atoms with van der Waals surface area (Å²) in [6.07, 6.45) is 4.26. The predicted molar refractivity (Wildman–Crippen MR) is 86.6 cm³/mol. The predicted octanol–water partition coefficient (Wildman–Crippen LogP) is 3.17. The van der Waals surface area contributed by atoms with Gasteiger partial charge in [0, 0.05) is 21.5 Å². The van der Waals surface area contributed by atoms with E-state index in [-0.39, 0.29) is 6.10 Å². The van der Waals surface area contributed by atoms with Gasteiger partial charge in [-0.2, -0.15) is 0 Å². The van der Waals surface area contributed by atoms with Crippen LogP contribution in [0.3, 0.4) is 0 Å². The molecule has 1 aromatic carbocycles. The second-order valence-corrected chi connectivity index (χ2v) is 6.84. The number of benzene rings is 1. The van der Waals surface area contributed by atoms with Gasteiger partial charge in [-0.1, -0.05) is 15.9 Å². The summed E-state index contributed by atoms with van der Waals surface area (Å²) < 4.78 is 1.83. The smallest absolute Gasteiger partial charge is 0.211 e. The minimum Gasteiger partial charge on any atom is -0.393 e. The van der Waals surface area contributed by atoms with Gasteiger partial charge < -0.3 is 15.7 Å². The maximum Gasteiger partial charge on any atom is 0.211 e. The van der Waals surface area contributed by atoms with Gasteiger partial charge in [0.05, 0.1) is 11.8 Å². The van der Waals surface area contributed by atoms with Crippen LogP contribution >= 0.6 is 31.9 Å². The highest BCUT2D eigenvalue weighted by Gasteiger charge is 2.19. The molecular formula is C14H18Br2N2O2. The number of nitrogens with one attached hydrogen (secondary N) is 2. The fourth-order valence-electron chi connectivity index (χ4n) is 2.52. The molecule has 0 unspecified atom stereocenters. The third-order valence-corrected chi connectivity index (χ3v) is 4.70. The van der Waals surface area contributed by atoms with Crippen LogP contribution in [0.15, 0.2) is 21.1 Å².